The molecule has 4 N–H and O–H groups in total. The molecule has 0 amide bonds. The van der Waals surface area contributed by atoms with Gasteiger partial charge in [0, 0.05) is 12.1 Å². The quantitative estimate of drug-likeness (QED) is 0.397. The lowest BCUT2D eigenvalue weighted by atomic mass is 9.97. The van der Waals surface area contributed by atoms with E-state index in [1.165, 1.54) is 18.4 Å². The van der Waals surface area contributed by atoms with Gasteiger partial charge in [0.1, 0.15) is 34.5 Å². The van der Waals surface area contributed by atoms with Crippen molar-refractivity contribution in [2.24, 2.45) is 0 Å². The Morgan fingerprint density at radius 3 is 2.55 bits per heavy atom. The van der Waals surface area contributed by atoms with Gasteiger partial charge in [0.05, 0.1) is 11.2 Å². The van der Waals surface area contributed by atoms with Crippen molar-refractivity contribution >= 4 is 11.0 Å². The Morgan fingerprint density at radius 2 is 1.84 bits per heavy atom. The van der Waals surface area contributed by atoms with Gasteiger partial charge in [-0.3, -0.25) is 4.79 Å². The molecule has 6 heteroatoms. The van der Waals surface area contributed by atoms with Crippen LogP contribution in [0.1, 0.15) is 45.6 Å². The molecule has 164 valence electrons. The second-order valence-electron chi connectivity index (χ2n) is 8.58. The van der Waals surface area contributed by atoms with Gasteiger partial charge in [0.2, 0.25) is 5.43 Å². The summed E-state index contributed by atoms with van der Waals surface area (Å²) in [7, 11) is 0. The van der Waals surface area contributed by atoms with Crippen LogP contribution in [0.15, 0.2) is 57.5 Å². The summed E-state index contributed by atoms with van der Waals surface area (Å²) >= 11 is 0. The lowest BCUT2D eigenvalue weighted by Gasteiger charge is -2.16. The van der Waals surface area contributed by atoms with E-state index < -0.39 is 11.0 Å². The van der Waals surface area contributed by atoms with E-state index >= 15 is 0 Å². The van der Waals surface area contributed by atoms with Crippen LogP contribution < -0.4 is 5.43 Å². The first-order valence-electron chi connectivity index (χ1n) is 10.2. The maximum atomic E-state index is 12.9. The van der Waals surface area contributed by atoms with Crippen LogP contribution in [0, 0.1) is 0 Å². The standard InChI is InChI=1S/C25H28O6/c1-15(5-4-10-25(2,3)30)6-7-17-11-16(8-9-20(17)27)19-14-31-22-13-18(26)12-21(28)23(22)24(19)29/h6,8-9,11-14,26-28,30H,4-5,7,10H2,1-3H3/b15-6+. The molecule has 0 spiro atoms. The van der Waals surface area contributed by atoms with Crippen LogP contribution in [0.5, 0.6) is 17.2 Å². The summed E-state index contributed by atoms with van der Waals surface area (Å²) in [5, 5.41) is 39.7. The minimum absolute atomic E-state index is 0.00697. The molecule has 0 atom stereocenters. The highest BCUT2D eigenvalue weighted by Crippen LogP contribution is 2.31. The number of aromatic hydroxyl groups is 3. The predicted molar refractivity (Wildman–Crippen MR) is 121 cm³/mol. The molecule has 6 nitrogen and oxygen atoms in total. The zero-order valence-electron chi connectivity index (χ0n) is 18.0. The molecule has 0 aliphatic heterocycles. The van der Waals surface area contributed by atoms with E-state index in [4.69, 9.17) is 4.42 Å². The van der Waals surface area contributed by atoms with Crippen molar-refractivity contribution in [3.05, 3.63) is 64.0 Å². The minimum atomic E-state index is -0.680. The first-order chi connectivity index (χ1) is 14.5. The van der Waals surface area contributed by atoms with Gasteiger partial charge in [-0.1, -0.05) is 17.7 Å². The highest BCUT2D eigenvalue weighted by molar-refractivity contribution is 5.88. The number of hydrogen-bond acceptors (Lipinski definition) is 6. The van der Waals surface area contributed by atoms with E-state index in [9.17, 15) is 25.2 Å². The Kier molecular flexibility index (Phi) is 6.41. The number of hydrogen-bond donors (Lipinski definition) is 4. The summed E-state index contributed by atoms with van der Waals surface area (Å²) in [6.45, 7) is 5.60. The first kappa shape index (κ1) is 22.4. The molecule has 31 heavy (non-hydrogen) atoms. The molecular formula is C25H28O6. The first-order valence-corrected chi connectivity index (χ1v) is 10.2. The third-order valence-electron chi connectivity index (χ3n) is 5.26. The maximum Gasteiger partial charge on any atom is 0.204 e. The van der Waals surface area contributed by atoms with Crippen LogP contribution >= 0.6 is 0 Å². The molecule has 0 aliphatic rings. The van der Waals surface area contributed by atoms with E-state index in [0.717, 1.165) is 24.5 Å². The van der Waals surface area contributed by atoms with Crippen molar-refractivity contribution in [2.75, 3.05) is 0 Å². The molecule has 0 radical (unpaired) electrons. The summed E-state index contributed by atoms with van der Waals surface area (Å²) in [6.07, 6.45) is 6.24. The molecule has 0 saturated carbocycles. The largest absolute Gasteiger partial charge is 0.508 e. The molecule has 1 heterocycles. The summed E-state index contributed by atoms with van der Waals surface area (Å²) in [5.41, 5.74) is 1.62. The molecule has 0 fully saturated rings. The molecule has 1 aromatic heterocycles. The van der Waals surface area contributed by atoms with Gasteiger partial charge in [-0.05, 0) is 69.7 Å². The van der Waals surface area contributed by atoms with Crippen LogP contribution in [-0.4, -0.2) is 26.0 Å². The monoisotopic (exact) mass is 424 g/mol. The molecule has 0 bridgehead atoms. The number of aliphatic hydroxyl groups is 1. The van der Waals surface area contributed by atoms with Gasteiger partial charge in [0.25, 0.3) is 0 Å². The number of phenolic OH excluding ortho intramolecular Hbond substituents is 3. The lowest BCUT2D eigenvalue weighted by Crippen LogP contribution is -2.17. The van der Waals surface area contributed by atoms with Gasteiger partial charge in [0.15, 0.2) is 0 Å². The van der Waals surface area contributed by atoms with Crippen molar-refractivity contribution in [3.63, 3.8) is 0 Å². The van der Waals surface area contributed by atoms with Crippen molar-refractivity contribution in [3.8, 4) is 28.4 Å². The van der Waals surface area contributed by atoms with E-state index in [-0.39, 0.29) is 33.8 Å². The van der Waals surface area contributed by atoms with Gasteiger partial charge in [-0.15, -0.1) is 0 Å². The maximum absolute atomic E-state index is 12.9. The third kappa shape index (κ3) is 5.47. The van der Waals surface area contributed by atoms with Crippen LogP contribution in [0.25, 0.3) is 22.1 Å². The van der Waals surface area contributed by atoms with Crippen LogP contribution in [0.2, 0.25) is 0 Å². The second-order valence-corrected chi connectivity index (χ2v) is 8.58. The summed E-state index contributed by atoms with van der Waals surface area (Å²) in [5.74, 6) is -0.422. The Labute approximate surface area is 180 Å². The van der Waals surface area contributed by atoms with Crippen LogP contribution in [-0.2, 0) is 6.42 Å². The van der Waals surface area contributed by atoms with Crippen molar-refractivity contribution < 1.29 is 24.8 Å². The number of phenols is 3. The molecule has 0 unspecified atom stereocenters. The average molecular weight is 424 g/mol. The summed E-state index contributed by atoms with van der Waals surface area (Å²) in [6, 6.07) is 7.24. The smallest absolute Gasteiger partial charge is 0.204 e. The fourth-order valence-corrected chi connectivity index (χ4v) is 3.52. The normalized spacial score (nSPS) is 12.5. The minimum Gasteiger partial charge on any atom is -0.508 e. The highest BCUT2D eigenvalue weighted by atomic mass is 16.3. The van der Waals surface area contributed by atoms with Crippen molar-refractivity contribution in [2.45, 2.75) is 52.1 Å². The van der Waals surface area contributed by atoms with Crippen molar-refractivity contribution in [1.29, 1.82) is 0 Å². The lowest BCUT2D eigenvalue weighted by molar-refractivity contribution is 0.0689. The fraction of sp³-hybridized carbons (Fsp3) is 0.320. The molecule has 0 aliphatic carbocycles. The summed E-state index contributed by atoms with van der Waals surface area (Å²) in [4.78, 5) is 12.9. The average Bonchev–Trinajstić information content (AvgIpc) is 2.66. The number of rotatable bonds is 7. The van der Waals surface area contributed by atoms with Crippen molar-refractivity contribution in [1.82, 2.24) is 0 Å². The van der Waals surface area contributed by atoms with Crippen LogP contribution in [0.4, 0.5) is 0 Å². The Balaban J connectivity index is 1.87. The van der Waals surface area contributed by atoms with E-state index in [1.54, 1.807) is 26.0 Å². The molecule has 3 rings (SSSR count). The van der Waals surface area contributed by atoms with Gasteiger partial charge >= 0.3 is 0 Å². The van der Waals surface area contributed by atoms with Gasteiger partial charge in [-0.2, -0.15) is 0 Å². The second kappa shape index (κ2) is 8.86. The zero-order valence-corrected chi connectivity index (χ0v) is 18.0. The van der Waals surface area contributed by atoms with E-state index in [0.29, 0.717) is 24.0 Å². The Hall–Kier alpha value is -3.25. The zero-order chi connectivity index (χ0) is 22.8. The molecule has 0 saturated heterocycles. The number of allylic oxidation sites excluding steroid dienone is 2. The highest BCUT2D eigenvalue weighted by Gasteiger charge is 2.15. The van der Waals surface area contributed by atoms with Crippen LogP contribution in [0.3, 0.4) is 0 Å². The number of fused-ring (bicyclic) bond motifs is 1. The van der Waals surface area contributed by atoms with E-state index in [2.05, 4.69) is 0 Å². The van der Waals surface area contributed by atoms with Gasteiger partial charge < -0.3 is 24.8 Å². The summed E-state index contributed by atoms with van der Waals surface area (Å²) < 4.78 is 5.46. The fourth-order valence-electron chi connectivity index (χ4n) is 3.52. The molecule has 2 aromatic carbocycles. The number of benzene rings is 2. The third-order valence-corrected chi connectivity index (χ3v) is 5.26. The molecular weight excluding hydrogens is 396 g/mol. The van der Waals surface area contributed by atoms with E-state index in [1.807, 2.05) is 13.0 Å². The topological polar surface area (TPSA) is 111 Å². The van der Waals surface area contributed by atoms with Gasteiger partial charge in [-0.25, -0.2) is 0 Å². The predicted octanol–water partition coefficient (Wildman–Crippen LogP) is 5.01. The SMILES string of the molecule is C/C(=C\Cc1cc(-c2coc3cc(O)cc(O)c3c2=O)ccc1O)CCCC(C)(C)O. The Bertz CT molecular complexity index is 1180. The Morgan fingerprint density at radius 1 is 1.10 bits per heavy atom. The molecule has 3 aromatic rings.